The summed E-state index contributed by atoms with van der Waals surface area (Å²) in [5, 5.41) is 0. The Balaban J connectivity index is 0.000000579. The van der Waals surface area contributed by atoms with E-state index < -0.39 is 0 Å². The number of hydrogen-bond donors (Lipinski definition) is 1. The Bertz CT molecular complexity index is 844. The van der Waals surface area contributed by atoms with E-state index >= 15 is 0 Å². The average molecular weight is 450 g/mol. The maximum atomic E-state index is 13.0. The molecule has 1 atom stereocenters. The molecule has 1 saturated carbocycles. The number of nitrogens with zero attached hydrogens (tertiary/aromatic N) is 1. The van der Waals surface area contributed by atoms with Gasteiger partial charge in [-0.25, -0.2) is 4.39 Å². The molecular formula is C29H44BFN2. The van der Waals surface area contributed by atoms with Crippen molar-refractivity contribution in [1.82, 2.24) is 0 Å². The van der Waals surface area contributed by atoms with Crippen molar-refractivity contribution in [2.45, 2.75) is 92.0 Å². The third kappa shape index (κ3) is 11.0. The van der Waals surface area contributed by atoms with Crippen molar-refractivity contribution in [3.05, 3.63) is 72.1 Å². The quantitative estimate of drug-likeness (QED) is 0.265. The molecule has 0 aliphatic heterocycles. The number of nitrogens with two attached hydrogens (primary N) is 1. The van der Waals surface area contributed by atoms with Crippen molar-refractivity contribution in [3.8, 4) is 0 Å². The predicted molar refractivity (Wildman–Crippen MR) is 147 cm³/mol. The van der Waals surface area contributed by atoms with Crippen LogP contribution in [0.1, 0.15) is 89.3 Å². The zero-order chi connectivity index (χ0) is 25.4. The normalized spacial score (nSPS) is 13.4. The largest absolute Gasteiger partial charge is 0.323 e. The van der Waals surface area contributed by atoms with Crippen LogP contribution in [-0.2, 0) is 6.42 Å². The monoisotopic (exact) mass is 450 g/mol. The molecule has 2 N–H and O–H groups in total. The van der Waals surface area contributed by atoms with E-state index in [1.807, 2.05) is 13.8 Å². The summed E-state index contributed by atoms with van der Waals surface area (Å²) in [5.41, 5.74) is 12.4. The maximum absolute atomic E-state index is 13.0. The summed E-state index contributed by atoms with van der Waals surface area (Å²) < 4.78 is 13.0. The van der Waals surface area contributed by atoms with Gasteiger partial charge in [0.05, 0.1) is 5.69 Å². The second-order valence-electron chi connectivity index (χ2n) is 7.88. The standard InChI is InChI=1S/C16H26N2.C9H8BF.C2H6.C2H4/c1-5-8-14(17)15(7-3)18-16-10-9-13(6-2)11-12(16)4;10-7-3-4-9(11)8(5-7)6-1-2-6;2*1-2/h9-11,14H,5-8,17H2,1-4H3;3-6H,1-2H2;1-2H3;1-2H2. The van der Waals surface area contributed by atoms with E-state index in [9.17, 15) is 4.39 Å². The lowest BCUT2D eigenvalue weighted by atomic mass is 9.93. The van der Waals surface area contributed by atoms with E-state index in [1.54, 1.807) is 12.1 Å². The number of benzene rings is 2. The Kier molecular flexibility index (Phi) is 16.2. The number of rotatable bonds is 7. The van der Waals surface area contributed by atoms with E-state index in [1.165, 1.54) is 17.2 Å². The molecule has 33 heavy (non-hydrogen) atoms. The van der Waals surface area contributed by atoms with Gasteiger partial charge in [-0.2, -0.15) is 0 Å². The van der Waals surface area contributed by atoms with Gasteiger partial charge in [0, 0.05) is 11.8 Å². The molecule has 0 heterocycles. The highest BCUT2D eigenvalue weighted by Crippen LogP contribution is 2.40. The van der Waals surface area contributed by atoms with Crippen LogP contribution in [0.3, 0.4) is 0 Å². The van der Waals surface area contributed by atoms with Crippen LogP contribution in [0.4, 0.5) is 10.1 Å². The zero-order valence-corrected chi connectivity index (χ0v) is 21.8. The van der Waals surface area contributed by atoms with Crippen molar-refractivity contribution < 1.29 is 4.39 Å². The van der Waals surface area contributed by atoms with E-state index in [0.717, 1.165) is 55.5 Å². The van der Waals surface area contributed by atoms with Gasteiger partial charge in [0.15, 0.2) is 0 Å². The molecule has 1 aliphatic carbocycles. The van der Waals surface area contributed by atoms with E-state index in [0.29, 0.717) is 11.4 Å². The van der Waals surface area contributed by atoms with Crippen LogP contribution in [0.25, 0.3) is 0 Å². The highest BCUT2D eigenvalue weighted by atomic mass is 19.1. The van der Waals surface area contributed by atoms with Gasteiger partial charge in [0.2, 0.25) is 0 Å². The molecule has 2 aromatic rings. The van der Waals surface area contributed by atoms with Gasteiger partial charge in [-0.05, 0) is 73.8 Å². The fourth-order valence-electron chi connectivity index (χ4n) is 3.39. The Morgan fingerprint density at radius 3 is 2.24 bits per heavy atom. The first-order chi connectivity index (χ1) is 15.9. The van der Waals surface area contributed by atoms with Gasteiger partial charge in [0.1, 0.15) is 13.7 Å². The SMILES string of the molecule is C=C.CC.CCCC(N)C(CC)=Nc1ccc(CC)cc1C.[B]c1ccc(F)c(C2CC2)c1. The van der Waals surface area contributed by atoms with Gasteiger partial charge in [-0.3, -0.25) is 4.99 Å². The first kappa shape index (κ1) is 30.8. The molecule has 180 valence electrons. The van der Waals surface area contributed by atoms with Gasteiger partial charge in [-0.15, -0.1) is 13.2 Å². The van der Waals surface area contributed by atoms with Crippen LogP contribution in [0.15, 0.2) is 54.5 Å². The molecule has 2 nitrogen and oxygen atoms in total. The zero-order valence-electron chi connectivity index (χ0n) is 21.8. The summed E-state index contributed by atoms with van der Waals surface area (Å²) in [6.07, 6.45) is 6.34. The van der Waals surface area contributed by atoms with E-state index in [2.05, 4.69) is 59.1 Å². The number of aryl methyl sites for hydroxylation is 2. The van der Waals surface area contributed by atoms with Crippen molar-refractivity contribution in [2.24, 2.45) is 10.7 Å². The molecule has 0 spiro atoms. The second-order valence-corrected chi connectivity index (χ2v) is 7.88. The molecule has 2 aromatic carbocycles. The Labute approximate surface area is 204 Å². The third-order valence-corrected chi connectivity index (χ3v) is 5.36. The fraction of sp³-hybridized carbons (Fsp3) is 0.483. The number of hydrogen-bond acceptors (Lipinski definition) is 2. The molecule has 3 rings (SSSR count). The van der Waals surface area contributed by atoms with Gasteiger partial charge in [0.25, 0.3) is 0 Å². The molecule has 1 unspecified atom stereocenters. The van der Waals surface area contributed by atoms with E-state index in [-0.39, 0.29) is 11.9 Å². The summed E-state index contributed by atoms with van der Waals surface area (Å²) >= 11 is 0. The molecule has 0 aromatic heterocycles. The lowest BCUT2D eigenvalue weighted by Gasteiger charge is -2.13. The third-order valence-electron chi connectivity index (χ3n) is 5.36. The van der Waals surface area contributed by atoms with Gasteiger partial charge < -0.3 is 5.73 Å². The van der Waals surface area contributed by atoms with Crippen molar-refractivity contribution in [1.29, 1.82) is 0 Å². The minimum absolute atomic E-state index is 0.102. The average Bonchev–Trinajstić information content (AvgIpc) is 3.68. The summed E-state index contributed by atoms with van der Waals surface area (Å²) in [7, 11) is 5.53. The van der Waals surface area contributed by atoms with Crippen LogP contribution in [0.5, 0.6) is 0 Å². The van der Waals surface area contributed by atoms with Crippen LogP contribution in [-0.4, -0.2) is 19.6 Å². The summed E-state index contributed by atoms with van der Waals surface area (Å²) in [5.74, 6) is 0.334. The van der Waals surface area contributed by atoms with Gasteiger partial charge >= 0.3 is 0 Å². The molecule has 4 heteroatoms. The lowest BCUT2D eigenvalue weighted by molar-refractivity contribution is 0.611. The first-order valence-corrected chi connectivity index (χ1v) is 12.4. The molecule has 2 radical (unpaired) electrons. The molecule has 1 aliphatic rings. The highest BCUT2D eigenvalue weighted by molar-refractivity contribution is 6.32. The Hall–Kier alpha value is -2.20. The van der Waals surface area contributed by atoms with Crippen molar-refractivity contribution in [3.63, 3.8) is 0 Å². The van der Waals surface area contributed by atoms with E-state index in [4.69, 9.17) is 18.6 Å². The van der Waals surface area contributed by atoms with Crippen molar-refractivity contribution >= 4 is 24.7 Å². The second kappa shape index (κ2) is 17.3. The smallest absolute Gasteiger partial charge is 0.126 e. The van der Waals surface area contributed by atoms with Crippen LogP contribution in [0, 0.1) is 12.7 Å². The van der Waals surface area contributed by atoms with Gasteiger partial charge in [-0.1, -0.05) is 70.8 Å². The molecular weight excluding hydrogens is 406 g/mol. The summed E-state index contributed by atoms with van der Waals surface area (Å²) in [4.78, 5) is 4.76. The predicted octanol–water partition coefficient (Wildman–Crippen LogP) is 7.49. The summed E-state index contributed by atoms with van der Waals surface area (Å²) in [6.45, 7) is 18.6. The minimum atomic E-state index is -0.110. The van der Waals surface area contributed by atoms with Crippen molar-refractivity contribution in [2.75, 3.05) is 0 Å². The molecule has 0 saturated heterocycles. The Morgan fingerprint density at radius 1 is 1.12 bits per heavy atom. The molecule has 1 fully saturated rings. The van der Waals surface area contributed by atoms with Crippen LogP contribution >= 0.6 is 0 Å². The molecule has 0 bridgehead atoms. The maximum Gasteiger partial charge on any atom is 0.126 e. The number of aliphatic imine (C=N–C) groups is 1. The topological polar surface area (TPSA) is 38.4 Å². The first-order valence-electron chi connectivity index (χ1n) is 12.4. The Morgan fingerprint density at radius 2 is 1.76 bits per heavy atom. The highest BCUT2D eigenvalue weighted by Gasteiger charge is 2.26. The van der Waals surface area contributed by atoms with Crippen LogP contribution < -0.4 is 11.2 Å². The molecule has 0 amide bonds. The van der Waals surface area contributed by atoms with Crippen LogP contribution in [0.2, 0.25) is 0 Å². The lowest BCUT2D eigenvalue weighted by Crippen LogP contribution is -2.29. The summed E-state index contributed by atoms with van der Waals surface area (Å²) in [6, 6.07) is 11.4. The fourth-order valence-corrected chi connectivity index (χ4v) is 3.39. The minimum Gasteiger partial charge on any atom is -0.323 e. The number of halogens is 1.